The Morgan fingerprint density at radius 2 is 1.92 bits per heavy atom. The number of rotatable bonds is 6. The van der Waals surface area contributed by atoms with E-state index in [1.165, 1.54) is 25.1 Å². The zero-order chi connectivity index (χ0) is 18.2. The minimum atomic E-state index is -0.997. The van der Waals surface area contributed by atoms with Gasteiger partial charge in [0.1, 0.15) is 5.75 Å². The summed E-state index contributed by atoms with van der Waals surface area (Å²) in [7, 11) is 0. The van der Waals surface area contributed by atoms with Crippen LogP contribution in [0.15, 0.2) is 53.0 Å². The summed E-state index contributed by atoms with van der Waals surface area (Å²) >= 11 is 3.29. The number of carbonyl (C=O) groups excluding carboxylic acids is 2. The number of nitrogens with one attached hydrogen (secondary N) is 2. The lowest BCUT2D eigenvalue weighted by molar-refractivity contribution is -0.133. The molecule has 1 atom stereocenters. The molecule has 0 aromatic heterocycles. The molecule has 0 spiro atoms. The van der Waals surface area contributed by atoms with Crippen LogP contribution in [0.3, 0.4) is 0 Å². The zero-order valence-corrected chi connectivity index (χ0v) is 14.9. The van der Waals surface area contributed by atoms with Gasteiger partial charge in [-0.15, -0.1) is 0 Å². The van der Waals surface area contributed by atoms with Gasteiger partial charge >= 0.3 is 0 Å². The average molecular weight is 411 g/mol. The maximum atomic E-state index is 13.5. The van der Waals surface area contributed by atoms with Crippen LogP contribution in [-0.2, 0) is 9.59 Å². The van der Waals surface area contributed by atoms with E-state index in [-0.39, 0.29) is 12.4 Å². The van der Waals surface area contributed by atoms with Crippen molar-refractivity contribution in [1.29, 1.82) is 0 Å². The lowest BCUT2D eigenvalue weighted by atomic mass is 10.3. The molecule has 2 rings (SSSR count). The van der Waals surface area contributed by atoms with Gasteiger partial charge in [0.2, 0.25) is 0 Å². The summed E-state index contributed by atoms with van der Waals surface area (Å²) < 4.78 is 24.8. The summed E-state index contributed by atoms with van der Waals surface area (Å²) in [6, 6.07) is 12.7. The average Bonchev–Trinajstić information content (AvgIpc) is 2.59. The minimum absolute atomic E-state index is 0.0468. The molecule has 0 aliphatic rings. The van der Waals surface area contributed by atoms with Crippen LogP contribution in [0.4, 0.5) is 4.39 Å². The van der Waals surface area contributed by atoms with Gasteiger partial charge in [-0.2, -0.15) is 0 Å². The van der Waals surface area contributed by atoms with Crippen molar-refractivity contribution >= 4 is 27.7 Å². The predicted octanol–water partition coefficient (Wildman–Crippen LogP) is 2.58. The minimum Gasteiger partial charge on any atom is -0.484 e. The van der Waals surface area contributed by atoms with Crippen molar-refractivity contribution in [3.63, 3.8) is 0 Å². The van der Waals surface area contributed by atoms with E-state index in [2.05, 4.69) is 26.8 Å². The SMILES string of the molecule is C[C@H](Oc1ccccc1F)C(=O)NNC(=O)COc1cccc(Br)c1. The predicted molar refractivity (Wildman–Crippen MR) is 92.4 cm³/mol. The summed E-state index contributed by atoms with van der Waals surface area (Å²) in [5.41, 5.74) is 4.39. The van der Waals surface area contributed by atoms with E-state index >= 15 is 0 Å². The fourth-order valence-corrected chi connectivity index (χ4v) is 2.14. The molecule has 2 aromatic rings. The molecule has 2 amide bonds. The van der Waals surface area contributed by atoms with E-state index in [1.807, 2.05) is 6.07 Å². The highest BCUT2D eigenvalue weighted by Gasteiger charge is 2.17. The molecule has 0 saturated heterocycles. The molecule has 0 aliphatic heterocycles. The van der Waals surface area contributed by atoms with Crippen molar-refractivity contribution < 1.29 is 23.5 Å². The Bertz CT molecular complexity index is 757. The molecule has 2 N–H and O–H groups in total. The molecule has 132 valence electrons. The number of hydrogen-bond acceptors (Lipinski definition) is 4. The highest BCUT2D eigenvalue weighted by Crippen LogP contribution is 2.18. The molecule has 8 heteroatoms. The first-order valence-electron chi connectivity index (χ1n) is 7.34. The van der Waals surface area contributed by atoms with Gasteiger partial charge in [0.25, 0.3) is 11.8 Å². The number of carbonyl (C=O) groups is 2. The van der Waals surface area contributed by atoms with E-state index in [0.29, 0.717) is 5.75 Å². The highest BCUT2D eigenvalue weighted by atomic mass is 79.9. The lowest BCUT2D eigenvalue weighted by Gasteiger charge is -2.15. The summed E-state index contributed by atoms with van der Waals surface area (Å²) in [5, 5.41) is 0. The van der Waals surface area contributed by atoms with Crippen molar-refractivity contribution in [3.8, 4) is 11.5 Å². The van der Waals surface area contributed by atoms with Crippen molar-refractivity contribution in [2.45, 2.75) is 13.0 Å². The van der Waals surface area contributed by atoms with Crippen LogP contribution >= 0.6 is 15.9 Å². The second kappa shape index (κ2) is 9.03. The smallest absolute Gasteiger partial charge is 0.279 e. The van der Waals surface area contributed by atoms with E-state index in [1.54, 1.807) is 24.3 Å². The van der Waals surface area contributed by atoms with Crippen LogP contribution in [0.2, 0.25) is 0 Å². The number of halogens is 2. The Balaban J connectivity index is 1.75. The van der Waals surface area contributed by atoms with Gasteiger partial charge in [-0.05, 0) is 37.3 Å². The van der Waals surface area contributed by atoms with Gasteiger partial charge in [-0.3, -0.25) is 20.4 Å². The normalized spacial score (nSPS) is 11.3. The Hall–Kier alpha value is -2.61. The fraction of sp³-hybridized carbons (Fsp3) is 0.176. The first-order chi connectivity index (χ1) is 12.0. The third-order valence-corrected chi connectivity index (χ3v) is 3.49. The van der Waals surface area contributed by atoms with Crippen molar-refractivity contribution in [3.05, 3.63) is 58.8 Å². The largest absolute Gasteiger partial charge is 0.484 e. The summed E-state index contributed by atoms with van der Waals surface area (Å²) in [6.07, 6.45) is -0.997. The molecule has 0 bridgehead atoms. The third kappa shape index (κ3) is 6.07. The van der Waals surface area contributed by atoms with Gasteiger partial charge in [-0.1, -0.05) is 34.1 Å². The van der Waals surface area contributed by atoms with Crippen LogP contribution in [0.25, 0.3) is 0 Å². The third-order valence-electron chi connectivity index (χ3n) is 3.00. The van der Waals surface area contributed by atoms with Crippen LogP contribution in [0.1, 0.15) is 6.92 Å². The van der Waals surface area contributed by atoms with Crippen molar-refractivity contribution in [2.75, 3.05) is 6.61 Å². The van der Waals surface area contributed by atoms with Gasteiger partial charge in [-0.25, -0.2) is 4.39 Å². The van der Waals surface area contributed by atoms with Crippen LogP contribution in [0.5, 0.6) is 11.5 Å². The standard InChI is InChI=1S/C17H16BrFN2O4/c1-11(25-15-8-3-2-7-14(15)19)17(23)21-20-16(22)10-24-13-6-4-5-12(18)9-13/h2-9,11H,10H2,1H3,(H,20,22)(H,21,23)/t11-/m0/s1. The number of ether oxygens (including phenoxy) is 2. The lowest BCUT2D eigenvalue weighted by Crippen LogP contribution is -2.48. The molecule has 0 radical (unpaired) electrons. The second-order valence-corrected chi connectivity index (χ2v) is 5.89. The van der Waals surface area contributed by atoms with Gasteiger partial charge in [0, 0.05) is 4.47 Å². The van der Waals surface area contributed by atoms with Crippen LogP contribution in [0, 0.1) is 5.82 Å². The number of para-hydroxylation sites is 1. The molecule has 0 unspecified atom stereocenters. The van der Waals surface area contributed by atoms with E-state index in [9.17, 15) is 14.0 Å². The van der Waals surface area contributed by atoms with E-state index in [4.69, 9.17) is 9.47 Å². The zero-order valence-electron chi connectivity index (χ0n) is 13.3. The summed E-state index contributed by atoms with van der Waals surface area (Å²) in [4.78, 5) is 23.5. The Morgan fingerprint density at radius 3 is 2.64 bits per heavy atom. The fourth-order valence-electron chi connectivity index (χ4n) is 1.76. The number of hydrogen-bond donors (Lipinski definition) is 2. The number of amides is 2. The molecule has 25 heavy (non-hydrogen) atoms. The molecule has 0 saturated carbocycles. The van der Waals surface area contributed by atoms with Crippen LogP contribution in [-0.4, -0.2) is 24.5 Å². The molecule has 0 heterocycles. The van der Waals surface area contributed by atoms with Gasteiger partial charge < -0.3 is 9.47 Å². The summed E-state index contributed by atoms with van der Waals surface area (Å²) in [5.74, 6) is -1.29. The molecule has 6 nitrogen and oxygen atoms in total. The van der Waals surface area contributed by atoms with Crippen LogP contribution < -0.4 is 20.3 Å². The second-order valence-electron chi connectivity index (χ2n) is 4.97. The molecular formula is C17H16BrFN2O4. The first kappa shape index (κ1) is 18.7. The first-order valence-corrected chi connectivity index (χ1v) is 8.13. The summed E-state index contributed by atoms with van der Waals surface area (Å²) in [6.45, 7) is 1.16. The quantitative estimate of drug-likeness (QED) is 0.717. The Labute approximate surface area is 152 Å². The van der Waals surface area contributed by atoms with E-state index < -0.39 is 23.7 Å². The highest BCUT2D eigenvalue weighted by molar-refractivity contribution is 9.10. The number of hydrazine groups is 1. The monoisotopic (exact) mass is 410 g/mol. The Kier molecular flexibility index (Phi) is 6.76. The maximum absolute atomic E-state index is 13.5. The van der Waals surface area contributed by atoms with E-state index in [0.717, 1.165) is 4.47 Å². The molecule has 2 aromatic carbocycles. The van der Waals surface area contributed by atoms with Crippen molar-refractivity contribution in [1.82, 2.24) is 10.9 Å². The molecular weight excluding hydrogens is 395 g/mol. The topological polar surface area (TPSA) is 76.7 Å². The Morgan fingerprint density at radius 1 is 1.16 bits per heavy atom. The van der Waals surface area contributed by atoms with Crippen molar-refractivity contribution in [2.24, 2.45) is 0 Å². The number of benzene rings is 2. The molecule has 0 aliphatic carbocycles. The van der Waals surface area contributed by atoms with Gasteiger partial charge in [0.15, 0.2) is 24.3 Å². The molecule has 0 fully saturated rings. The van der Waals surface area contributed by atoms with Gasteiger partial charge in [0.05, 0.1) is 0 Å². The maximum Gasteiger partial charge on any atom is 0.279 e.